The topological polar surface area (TPSA) is 84.9 Å². The van der Waals surface area contributed by atoms with Crippen LogP contribution in [0, 0.1) is 0 Å². The number of carbonyl (C=O) groups is 3. The molecule has 2 aromatic rings. The van der Waals surface area contributed by atoms with Gasteiger partial charge >= 0.3 is 12.1 Å². The minimum atomic E-state index is -0.654. The summed E-state index contributed by atoms with van der Waals surface area (Å²) in [5, 5.41) is 1.19. The maximum atomic E-state index is 12.6. The zero-order valence-electron chi connectivity index (χ0n) is 18.0. The standard InChI is InChI=1S/C23H28N2O5/c1-6-15-25(22(28)30-23(2,3)4)24-20(26)18-11-7-16(8-12-18)17-9-13-19(14-10-17)21(27)29-5/h7-14H,6,15H2,1-5H3,(H,24,26). The van der Waals surface area contributed by atoms with Crippen molar-refractivity contribution in [3.63, 3.8) is 0 Å². The number of hydrogen-bond donors (Lipinski definition) is 1. The van der Waals surface area contributed by atoms with Crippen LogP contribution in [0.4, 0.5) is 4.79 Å². The van der Waals surface area contributed by atoms with E-state index >= 15 is 0 Å². The number of methoxy groups -OCH3 is 1. The zero-order chi connectivity index (χ0) is 22.3. The molecule has 0 fully saturated rings. The quantitative estimate of drug-likeness (QED) is 0.580. The van der Waals surface area contributed by atoms with Crippen molar-refractivity contribution in [3.05, 3.63) is 59.7 Å². The van der Waals surface area contributed by atoms with Crippen molar-refractivity contribution in [1.29, 1.82) is 0 Å². The normalized spacial score (nSPS) is 10.8. The molecule has 0 saturated heterocycles. The summed E-state index contributed by atoms with van der Waals surface area (Å²) in [5.74, 6) is -0.794. The van der Waals surface area contributed by atoms with E-state index in [0.717, 1.165) is 11.1 Å². The Morgan fingerprint density at radius 2 is 1.40 bits per heavy atom. The van der Waals surface area contributed by atoms with Gasteiger partial charge in [0.2, 0.25) is 0 Å². The molecule has 0 saturated carbocycles. The molecule has 1 N–H and O–H groups in total. The van der Waals surface area contributed by atoms with Crippen LogP contribution >= 0.6 is 0 Å². The second-order valence-corrected chi connectivity index (χ2v) is 7.72. The lowest BCUT2D eigenvalue weighted by atomic mass is 10.0. The highest BCUT2D eigenvalue weighted by molar-refractivity contribution is 5.95. The Morgan fingerprint density at radius 3 is 1.83 bits per heavy atom. The first-order valence-electron chi connectivity index (χ1n) is 9.75. The predicted molar refractivity (Wildman–Crippen MR) is 114 cm³/mol. The van der Waals surface area contributed by atoms with E-state index in [9.17, 15) is 14.4 Å². The molecule has 0 radical (unpaired) electrons. The number of esters is 1. The molecule has 0 aliphatic carbocycles. The first-order chi connectivity index (χ1) is 14.1. The van der Waals surface area contributed by atoms with E-state index in [1.165, 1.54) is 12.1 Å². The molecule has 0 atom stereocenters. The van der Waals surface area contributed by atoms with Crippen LogP contribution < -0.4 is 5.43 Å². The lowest BCUT2D eigenvalue weighted by Gasteiger charge is -2.27. The molecule has 30 heavy (non-hydrogen) atoms. The van der Waals surface area contributed by atoms with Gasteiger partial charge in [0.1, 0.15) is 5.60 Å². The van der Waals surface area contributed by atoms with Crippen molar-refractivity contribution >= 4 is 18.0 Å². The Balaban J connectivity index is 2.09. The molecule has 2 amide bonds. The second-order valence-electron chi connectivity index (χ2n) is 7.72. The van der Waals surface area contributed by atoms with Gasteiger partial charge in [-0.15, -0.1) is 0 Å². The largest absolute Gasteiger partial charge is 0.465 e. The number of nitrogens with zero attached hydrogens (tertiary/aromatic N) is 1. The van der Waals surface area contributed by atoms with E-state index in [1.807, 2.05) is 19.1 Å². The summed E-state index contributed by atoms with van der Waals surface area (Å²) >= 11 is 0. The monoisotopic (exact) mass is 412 g/mol. The first-order valence-corrected chi connectivity index (χ1v) is 9.75. The average molecular weight is 412 g/mol. The zero-order valence-corrected chi connectivity index (χ0v) is 18.0. The summed E-state index contributed by atoms with van der Waals surface area (Å²) in [4.78, 5) is 36.4. The van der Waals surface area contributed by atoms with Gasteiger partial charge in [-0.25, -0.2) is 14.6 Å². The van der Waals surface area contributed by atoms with Crippen LogP contribution in [0.3, 0.4) is 0 Å². The molecule has 0 aliphatic heterocycles. The molecular weight excluding hydrogens is 384 g/mol. The van der Waals surface area contributed by atoms with Crippen LogP contribution in [0.25, 0.3) is 11.1 Å². The van der Waals surface area contributed by atoms with E-state index in [0.29, 0.717) is 24.1 Å². The van der Waals surface area contributed by atoms with Gasteiger partial charge in [0.05, 0.1) is 12.7 Å². The smallest absolute Gasteiger partial charge is 0.429 e. The Hall–Kier alpha value is -3.35. The van der Waals surface area contributed by atoms with E-state index in [-0.39, 0.29) is 0 Å². The van der Waals surface area contributed by atoms with E-state index in [2.05, 4.69) is 5.43 Å². The first kappa shape index (κ1) is 22.9. The molecule has 7 nitrogen and oxygen atoms in total. The Morgan fingerprint density at radius 1 is 0.900 bits per heavy atom. The van der Waals surface area contributed by atoms with Crippen molar-refractivity contribution in [2.45, 2.75) is 39.7 Å². The molecule has 0 spiro atoms. The molecule has 0 aromatic heterocycles. The lowest BCUT2D eigenvalue weighted by molar-refractivity contribution is 0.0133. The summed E-state index contributed by atoms with van der Waals surface area (Å²) in [5.41, 5.74) is 4.62. The number of benzene rings is 2. The molecule has 160 valence electrons. The fraction of sp³-hybridized carbons (Fsp3) is 0.348. The van der Waals surface area contributed by atoms with E-state index < -0.39 is 23.6 Å². The minimum Gasteiger partial charge on any atom is -0.465 e. The van der Waals surface area contributed by atoms with Crippen LogP contribution in [-0.4, -0.2) is 42.2 Å². The van der Waals surface area contributed by atoms with Crippen molar-refractivity contribution in [3.8, 4) is 11.1 Å². The van der Waals surface area contributed by atoms with Crippen molar-refractivity contribution in [2.24, 2.45) is 0 Å². The van der Waals surface area contributed by atoms with Gasteiger partial charge in [-0.1, -0.05) is 31.2 Å². The van der Waals surface area contributed by atoms with Gasteiger partial charge in [-0.2, -0.15) is 0 Å². The number of amides is 2. The number of carbonyl (C=O) groups excluding carboxylic acids is 3. The summed E-state index contributed by atoms with van der Waals surface area (Å²) in [6.45, 7) is 7.56. The predicted octanol–water partition coefficient (Wildman–Crippen LogP) is 4.43. The molecule has 7 heteroatoms. The molecule has 2 rings (SSSR count). The fourth-order valence-corrected chi connectivity index (χ4v) is 2.65. The number of hydrogen-bond acceptors (Lipinski definition) is 5. The van der Waals surface area contributed by atoms with Crippen LogP contribution in [0.1, 0.15) is 54.8 Å². The summed E-state index contributed by atoms with van der Waals surface area (Å²) in [6, 6.07) is 14.0. The van der Waals surface area contributed by atoms with E-state index in [4.69, 9.17) is 9.47 Å². The summed E-state index contributed by atoms with van der Waals surface area (Å²) in [7, 11) is 1.34. The Kier molecular flexibility index (Phi) is 7.58. The molecular formula is C23H28N2O5. The van der Waals surface area contributed by atoms with Crippen molar-refractivity contribution < 1.29 is 23.9 Å². The number of ether oxygens (including phenoxy) is 2. The fourth-order valence-electron chi connectivity index (χ4n) is 2.65. The van der Waals surface area contributed by atoms with Gasteiger partial charge in [0, 0.05) is 12.1 Å². The third-order valence-corrected chi connectivity index (χ3v) is 4.08. The lowest BCUT2D eigenvalue weighted by Crippen LogP contribution is -2.48. The van der Waals surface area contributed by atoms with E-state index in [1.54, 1.807) is 57.2 Å². The van der Waals surface area contributed by atoms with Crippen LogP contribution in [0.5, 0.6) is 0 Å². The molecule has 2 aromatic carbocycles. The molecule has 0 bridgehead atoms. The highest BCUT2D eigenvalue weighted by Gasteiger charge is 2.23. The average Bonchev–Trinajstić information content (AvgIpc) is 2.71. The highest BCUT2D eigenvalue weighted by Crippen LogP contribution is 2.21. The Bertz CT molecular complexity index is 883. The Labute approximate surface area is 176 Å². The highest BCUT2D eigenvalue weighted by atomic mass is 16.6. The van der Waals surface area contributed by atoms with Crippen LogP contribution in [0.2, 0.25) is 0 Å². The third kappa shape index (κ3) is 6.34. The maximum Gasteiger partial charge on any atom is 0.429 e. The molecule has 0 aliphatic rings. The van der Waals surface area contributed by atoms with Gasteiger partial charge in [-0.05, 0) is 62.6 Å². The SMILES string of the molecule is CCCN(NC(=O)c1ccc(-c2ccc(C(=O)OC)cc2)cc1)C(=O)OC(C)(C)C. The second kappa shape index (κ2) is 9.91. The van der Waals surface area contributed by atoms with Gasteiger partial charge in [0.25, 0.3) is 5.91 Å². The minimum absolute atomic E-state index is 0.339. The molecule has 0 unspecified atom stereocenters. The number of hydrazine groups is 1. The third-order valence-electron chi connectivity index (χ3n) is 4.08. The molecule has 0 heterocycles. The van der Waals surface area contributed by atoms with Gasteiger partial charge in [0.15, 0.2) is 0 Å². The summed E-state index contributed by atoms with van der Waals surface area (Å²) in [6.07, 6.45) is 0.0695. The van der Waals surface area contributed by atoms with Crippen LogP contribution in [0.15, 0.2) is 48.5 Å². The number of rotatable bonds is 5. The summed E-state index contributed by atoms with van der Waals surface area (Å²) < 4.78 is 10.0. The van der Waals surface area contributed by atoms with Crippen molar-refractivity contribution in [2.75, 3.05) is 13.7 Å². The maximum absolute atomic E-state index is 12.6. The van der Waals surface area contributed by atoms with Crippen LogP contribution in [-0.2, 0) is 9.47 Å². The number of nitrogens with one attached hydrogen (secondary N) is 1. The van der Waals surface area contributed by atoms with Crippen molar-refractivity contribution in [1.82, 2.24) is 10.4 Å². The van der Waals surface area contributed by atoms with Gasteiger partial charge < -0.3 is 9.47 Å². The van der Waals surface area contributed by atoms with Gasteiger partial charge in [-0.3, -0.25) is 10.2 Å².